The zero-order valence-corrected chi connectivity index (χ0v) is 16.4. The van der Waals surface area contributed by atoms with Gasteiger partial charge < -0.3 is 9.64 Å². The Labute approximate surface area is 164 Å². The molecule has 1 saturated heterocycles. The minimum atomic E-state index is -1.33. The molecule has 0 radical (unpaired) electrons. The van der Waals surface area contributed by atoms with E-state index in [1.54, 1.807) is 4.90 Å². The van der Waals surface area contributed by atoms with Crippen molar-refractivity contribution in [2.24, 2.45) is 0 Å². The van der Waals surface area contributed by atoms with Crippen molar-refractivity contribution in [1.82, 2.24) is 4.90 Å². The summed E-state index contributed by atoms with van der Waals surface area (Å²) in [5.74, 6) is -0.907. The first-order chi connectivity index (χ1) is 13.3. The number of nitrogens with zero attached hydrogens (tertiary/aromatic N) is 1. The summed E-state index contributed by atoms with van der Waals surface area (Å²) in [6.45, 7) is 6.64. The lowest BCUT2D eigenvalue weighted by Gasteiger charge is -2.57. The number of rotatable bonds is 4. The topological polar surface area (TPSA) is 63.7 Å². The number of hydrogen-bond donors (Lipinski definition) is 0. The van der Waals surface area contributed by atoms with E-state index < -0.39 is 23.0 Å². The van der Waals surface area contributed by atoms with E-state index in [1.807, 2.05) is 68.4 Å². The molecule has 2 aliphatic rings. The molecule has 1 aliphatic carbocycles. The van der Waals surface area contributed by atoms with Gasteiger partial charge in [-0.15, -0.1) is 0 Å². The SMILES string of the molecule is CC(=O)OC1(c2ccccc2)c2ccccc2C2(C(C)=O)C(=O)N(C(C)C)C21. The second-order valence-electron chi connectivity index (χ2n) is 7.81. The highest BCUT2D eigenvalue weighted by molar-refractivity contribution is 6.18. The lowest BCUT2D eigenvalue weighted by Crippen LogP contribution is -2.78. The van der Waals surface area contributed by atoms with Gasteiger partial charge in [0.25, 0.3) is 0 Å². The second kappa shape index (κ2) is 6.03. The zero-order valence-electron chi connectivity index (χ0n) is 16.4. The molecule has 1 heterocycles. The normalized spacial score (nSPS) is 27.8. The Hall–Kier alpha value is -2.95. The van der Waals surface area contributed by atoms with Gasteiger partial charge in [0.1, 0.15) is 6.04 Å². The third-order valence-electron chi connectivity index (χ3n) is 6.02. The number of ketones is 1. The predicted molar refractivity (Wildman–Crippen MR) is 104 cm³/mol. The number of amides is 1. The summed E-state index contributed by atoms with van der Waals surface area (Å²) in [5.41, 5.74) is -0.462. The Kier molecular flexibility index (Phi) is 3.96. The van der Waals surface area contributed by atoms with Crippen molar-refractivity contribution in [2.75, 3.05) is 0 Å². The molecule has 28 heavy (non-hydrogen) atoms. The van der Waals surface area contributed by atoms with Crippen molar-refractivity contribution in [1.29, 1.82) is 0 Å². The number of ether oxygens (including phenoxy) is 1. The number of carbonyl (C=O) groups excluding carboxylic acids is 3. The average molecular weight is 377 g/mol. The fraction of sp³-hybridized carbons (Fsp3) is 0.348. The van der Waals surface area contributed by atoms with E-state index in [-0.39, 0.29) is 17.7 Å². The molecule has 0 saturated carbocycles. The molecule has 1 aliphatic heterocycles. The maximum absolute atomic E-state index is 13.4. The van der Waals surface area contributed by atoms with Crippen molar-refractivity contribution in [3.63, 3.8) is 0 Å². The maximum Gasteiger partial charge on any atom is 0.303 e. The summed E-state index contributed by atoms with van der Waals surface area (Å²) in [5, 5.41) is 0. The number of β-lactam (4-membered cyclic amide) rings is 1. The summed E-state index contributed by atoms with van der Waals surface area (Å²) < 4.78 is 6.06. The van der Waals surface area contributed by atoms with Gasteiger partial charge in [0.15, 0.2) is 16.8 Å². The van der Waals surface area contributed by atoms with Gasteiger partial charge in [-0.3, -0.25) is 14.4 Å². The molecule has 2 aromatic rings. The molecule has 144 valence electrons. The lowest BCUT2D eigenvalue weighted by atomic mass is 9.63. The summed E-state index contributed by atoms with van der Waals surface area (Å²) >= 11 is 0. The molecule has 5 heteroatoms. The largest absolute Gasteiger partial charge is 0.447 e. The first-order valence-corrected chi connectivity index (χ1v) is 9.48. The molecule has 4 rings (SSSR count). The van der Waals surface area contributed by atoms with E-state index in [2.05, 4.69) is 0 Å². The van der Waals surface area contributed by atoms with Crippen molar-refractivity contribution in [3.8, 4) is 0 Å². The van der Waals surface area contributed by atoms with E-state index in [1.165, 1.54) is 13.8 Å². The third-order valence-corrected chi connectivity index (χ3v) is 6.02. The molecular formula is C23H23NO4. The Morgan fingerprint density at radius 3 is 2.07 bits per heavy atom. The van der Waals surface area contributed by atoms with Crippen molar-refractivity contribution in [3.05, 3.63) is 71.3 Å². The summed E-state index contributed by atoms with van der Waals surface area (Å²) in [7, 11) is 0. The van der Waals surface area contributed by atoms with Crippen LogP contribution in [0, 0.1) is 0 Å². The van der Waals surface area contributed by atoms with Crippen LogP contribution >= 0.6 is 0 Å². The van der Waals surface area contributed by atoms with Crippen LogP contribution in [0.3, 0.4) is 0 Å². The number of benzene rings is 2. The molecule has 0 aromatic heterocycles. The van der Waals surface area contributed by atoms with Crippen LogP contribution < -0.4 is 0 Å². The van der Waals surface area contributed by atoms with E-state index in [4.69, 9.17) is 4.74 Å². The highest BCUT2D eigenvalue weighted by atomic mass is 16.6. The van der Waals surface area contributed by atoms with Crippen molar-refractivity contribution in [2.45, 2.75) is 50.8 Å². The molecule has 0 bridgehead atoms. The van der Waals surface area contributed by atoms with Crippen molar-refractivity contribution >= 4 is 17.7 Å². The number of esters is 1. The Morgan fingerprint density at radius 2 is 1.54 bits per heavy atom. The number of likely N-dealkylation sites (tertiary alicyclic amines) is 1. The van der Waals surface area contributed by atoms with E-state index in [0.717, 1.165) is 5.56 Å². The number of Topliss-reactive ketones (excluding diaryl/α,β-unsaturated/α-hetero) is 1. The third kappa shape index (κ3) is 1.99. The monoisotopic (exact) mass is 377 g/mol. The highest BCUT2D eigenvalue weighted by Crippen LogP contribution is 2.62. The Morgan fingerprint density at radius 1 is 0.964 bits per heavy atom. The van der Waals surface area contributed by atoms with Crippen LogP contribution in [0.25, 0.3) is 0 Å². The summed E-state index contributed by atoms with van der Waals surface area (Å²) in [6.07, 6.45) is 0. The molecule has 3 unspecified atom stereocenters. The quantitative estimate of drug-likeness (QED) is 0.467. The first kappa shape index (κ1) is 18.4. The van der Waals surface area contributed by atoms with Gasteiger partial charge in [0, 0.05) is 24.1 Å². The first-order valence-electron chi connectivity index (χ1n) is 9.48. The molecule has 0 N–H and O–H groups in total. The summed E-state index contributed by atoms with van der Waals surface area (Å²) in [6, 6.07) is 16.0. The number of fused-ring (bicyclic) bond motifs is 3. The highest BCUT2D eigenvalue weighted by Gasteiger charge is 2.78. The minimum Gasteiger partial charge on any atom is -0.447 e. The van der Waals surface area contributed by atoms with E-state index >= 15 is 0 Å². The van der Waals surface area contributed by atoms with E-state index in [9.17, 15) is 14.4 Å². The van der Waals surface area contributed by atoms with Gasteiger partial charge >= 0.3 is 5.97 Å². The molecule has 3 atom stereocenters. The van der Waals surface area contributed by atoms with Crippen LogP contribution in [0.5, 0.6) is 0 Å². The van der Waals surface area contributed by atoms with Gasteiger partial charge in [-0.05, 0) is 26.3 Å². The smallest absolute Gasteiger partial charge is 0.303 e. The molecule has 0 spiro atoms. The van der Waals surface area contributed by atoms with Gasteiger partial charge in [-0.2, -0.15) is 0 Å². The second-order valence-corrected chi connectivity index (χ2v) is 7.81. The van der Waals surface area contributed by atoms with Crippen molar-refractivity contribution < 1.29 is 19.1 Å². The van der Waals surface area contributed by atoms with Crippen LogP contribution in [0.1, 0.15) is 44.4 Å². The minimum absolute atomic E-state index is 0.141. The van der Waals surface area contributed by atoms with Crippen LogP contribution in [0.15, 0.2) is 54.6 Å². The van der Waals surface area contributed by atoms with Gasteiger partial charge in [-0.1, -0.05) is 54.6 Å². The van der Waals surface area contributed by atoms with E-state index in [0.29, 0.717) is 11.1 Å². The maximum atomic E-state index is 13.4. The molecule has 5 nitrogen and oxygen atoms in total. The molecular weight excluding hydrogens is 354 g/mol. The van der Waals surface area contributed by atoms with Gasteiger partial charge in [0.05, 0.1) is 0 Å². The summed E-state index contributed by atoms with van der Waals surface area (Å²) in [4.78, 5) is 40.3. The Balaban J connectivity index is 2.12. The fourth-order valence-corrected chi connectivity index (χ4v) is 5.10. The van der Waals surface area contributed by atoms with Crippen LogP contribution in [0.4, 0.5) is 0 Å². The van der Waals surface area contributed by atoms with Crippen LogP contribution in [0.2, 0.25) is 0 Å². The van der Waals surface area contributed by atoms with Crippen LogP contribution in [-0.4, -0.2) is 34.6 Å². The number of hydrogen-bond acceptors (Lipinski definition) is 4. The van der Waals surface area contributed by atoms with Gasteiger partial charge in [-0.25, -0.2) is 0 Å². The Bertz CT molecular complexity index is 983. The zero-order chi connectivity index (χ0) is 20.3. The standard InChI is InChI=1S/C23H23NO4/c1-14(2)24-20-22(15(3)25,21(24)27)18-12-8-9-13-19(18)23(20,28-16(4)26)17-10-6-5-7-11-17/h5-14,20H,1-4H3. The predicted octanol–water partition coefficient (Wildman–Crippen LogP) is 2.95. The molecule has 2 aromatic carbocycles. The fourth-order valence-electron chi connectivity index (χ4n) is 5.10. The van der Waals surface area contributed by atoms with Gasteiger partial charge in [0.2, 0.25) is 5.91 Å². The molecule has 1 fully saturated rings. The number of carbonyl (C=O) groups is 3. The average Bonchev–Trinajstić information content (AvgIpc) is 2.86. The lowest BCUT2D eigenvalue weighted by molar-refractivity contribution is -0.192. The van der Waals surface area contributed by atoms with Crippen LogP contribution in [-0.2, 0) is 30.1 Å². The molecule has 1 amide bonds.